The number of hydrogen-bond acceptors (Lipinski definition) is 6. The van der Waals surface area contributed by atoms with Crippen molar-refractivity contribution in [2.45, 2.75) is 17.3 Å². The van der Waals surface area contributed by atoms with Crippen LogP contribution in [0.2, 0.25) is 0 Å². The highest BCUT2D eigenvalue weighted by Gasteiger charge is 2.19. The maximum Gasteiger partial charge on any atom is 0.262 e. The summed E-state index contributed by atoms with van der Waals surface area (Å²) in [7, 11) is 0. The third kappa shape index (κ3) is 3.74. The normalized spacial score (nSPS) is 12.2. The molecule has 1 amide bonds. The van der Waals surface area contributed by atoms with E-state index in [-0.39, 0.29) is 11.5 Å². The van der Waals surface area contributed by atoms with Gasteiger partial charge in [0.15, 0.2) is 10.8 Å². The van der Waals surface area contributed by atoms with E-state index in [0.717, 1.165) is 16.6 Å². The fourth-order valence-electron chi connectivity index (χ4n) is 3.38. The smallest absolute Gasteiger partial charge is 0.262 e. The molecule has 0 saturated heterocycles. The summed E-state index contributed by atoms with van der Waals surface area (Å²) < 4.78 is 1.61. The van der Waals surface area contributed by atoms with Gasteiger partial charge in [-0.15, -0.1) is 0 Å². The molecule has 0 saturated carbocycles. The van der Waals surface area contributed by atoms with Crippen LogP contribution in [-0.2, 0) is 4.79 Å². The van der Waals surface area contributed by atoms with Gasteiger partial charge in [-0.3, -0.25) is 14.6 Å². The summed E-state index contributed by atoms with van der Waals surface area (Å²) in [6, 6.07) is 18.8. The summed E-state index contributed by atoms with van der Waals surface area (Å²) in [5.41, 5.74) is 2.43. The summed E-state index contributed by atoms with van der Waals surface area (Å²) in [5, 5.41) is 8.35. The molecule has 0 radical (unpaired) electrons. The summed E-state index contributed by atoms with van der Waals surface area (Å²) in [6.45, 7) is 1.77. The second-order valence-electron chi connectivity index (χ2n) is 7.13. The molecule has 1 unspecified atom stereocenters. The van der Waals surface area contributed by atoms with Crippen molar-refractivity contribution in [1.82, 2.24) is 24.7 Å². The van der Waals surface area contributed by atoms with Crippen LogP contribution in [-0.4, -0.2) is 35.9 Å². The first-order valence-corrected chi connectivity index (χ1v) is 10.8. The summed E-state index contributed by atoms with van der Waals surface area (Å²) in [4.78, 5) is 37.1. The number of para-hydroxylation sites is 1. The molecule has 3 aromatic heterocycles. The van der Waals surface area contributed by atoms with Gasteiger partial charge in [-0.1, -0.05) is 36.0 Å². The number of rotatable bonds is 5. The van der Waals surface area contributed by atoms with Crippen molar-refractivity contribution in [2.75, 3.05) is 5.32 Å². The van der Waals surface area contributed by atoms with Crippen LogP contribution in [0.15, 0.2) is 83.0 Å². The number of thioether (sulfide) groups is 1. The zero-order chi connectivity index (χ0) is 22.1. The molecule has 2 N–H and O–H groups in total. The van der Waals surface area contributed by atoms with Gasteiger partial charge < -0.3 is 10.3 Å². The first-order chi connectivity index (χ1) is 15.6. The lowest BCUT2D eigenvalue weighted by molar-refractivity contribution is -0.115. The molecule has 0 spiro atoms. The van der Waals surface area contributed by atoms with Crippen LogP contribution in [0.1, 0.15) is 6.92 Å². The highest BCUT2D eigenvalue weighted by Crippen LogP contribution is 2.25. The highest BCUT2D eigenvalue weighted by molar-refractivity contribution is 8.00. The number of carbonyl (C=O) groups is 1. The molecule has 158 valence electrons. The van der Waals surface area contributed by atoms with E-state index < -0.39 is 5.25 Å². The van der Waals surface area contributed by atoms with Crippen molar-refractivity contribution >= 4 is 45.3 Å². The van der Waals surface area contributed by atoms with E-state index >= 15 is 0 Å². The molecule has 2 aromatic carbocycles. The lowest BCUT2D eigenvalue weighted by atomic mass is 10.2. The van der Waals surface area contributed by atoms with Crippen LogP contribution < -0.4 is 10.9 Å². The van der Waals surface area contributed by atoms with Crippen LogP contribution in [0.25, 0.3) is 27.6 Å². The second-order valence-corrected chi connectivity index (χ2v) is 8.45. The molecule has 1 atom stereocenters. The molecule has 9 heteroatoms. The largest absolute Gasteiger partial charge is 0.324 e. The van der Waals surface area contributed by atoms with Crippen LogP contribution in [0, 0.1) is 0 Å². The predicted molar refractivity (Wildman–Crippen MR) is 125 cm³/mol. The lowest BCUT2D eigenvalue weighted by Crippen LogP contribution is -2.23. The Hall–Kier alpha value is -3.98. The van der Waals surface area contributed by atoms with E-state index in [1.54, 1.807) is 17.8 Å². The van der Waals surface area contributed by atoms with Crippen LogP contribution in [0.4, 0.5) is 5.69 Å². The van der Waals surface area contributed by atoms with E-state index in [0.29, 0.717) is 21.9 Å². The van der Waals surface area contributed by atoms with Crippen LogP contribution >= 0.6 is 11.8 Å². The maximum atomic E-state index is 12.9. The SMILES string of the molecule is CC(Sc1nc2c(cnn2-c2ccccc2)c(=O)[nH]1)C(=O)Nc1cccc2ncccc12. The molecule has 0 aliphatic rings. The number of nitrogens with one attached hydrogen (secondary N) is 2. The number of carbonyl (C=O) groups excluding carboxylic acids is 1. The Labute approximate surface area is 186 Å². The Morgan fingerprint density at radius 1 is 1.06 bits per heavy atom. The number of pyridine rings is 1. The van der Waals surface area contributed by atoms with Gasteiger partial charge in [-0.2, -0.15) is 5.10 Å². The van der Waals surface area contributed by atoms with E-state index in [4.69, 9.17) is 0 Å². The molecule has 5 aromatic rings. The van der Waals surface area contributed by atoms with Gasteiger partial charge in [0.2, 0.25) is 5.91 Å². The number of benzene rings is 2. The Balaban J connectivity index is 1.41. The number of aromatic nitrogens is 5. The van der Waals surface area contributed by atoms with Gasteiger partial charge in [0.1, 0.15) is 5.39 Å². The first kappa shape index (κ1) is 20.0. The van der Waals surface area contributed by atoms with Crippen molar-refractivity contribution in [3.63, 3.8) is 0 Å². The van der Waals surface area contributed by atoms with Gasteiger partial charge in [0.25, 0.3) is 5.56 Å². The highest BCUT2D eigenvalue weighted by atomic mass is 32.2. The van der Waals surface area contributed by atoms with E-state index in [2.05, 4.69) is 25.4 Å². The molecular weight excluding hydrogens is 424 g/mol. The number of amides is 1. The van der Waals surface area contributed by atoms with Crippen molar-refractivity contribution in [3.8, 4) is 5.69 Å². The van der Waals surface area contributed by atoms with Crippen LogP contribution in [0.5, 0.6) is 0 Å². The molecule has 0 aliphatic carbocycles. The maximum absolute atomic E-state index is 12.9. The van der Waals surface area contributed by atoms with Crippen molar-refractivity contribution in [1.29, 1.82) is 0 Å². The van der Waals surface area contributed by atoms with Gasteiger partial charge >= 0.3 is 0 Å². The number of anilines is 1. The third-order valence-electron chi connectivity index (χ3n) is 4.98. The molecule has 0 fully saturated rings. The van der Waals surface area contributed by atoms with Gasteiger partial charge in [-0.25, -0.2) is 9.67 Å². The molecule has 5 rings (SSSR count). The topological polar surface area (TPSA) is 106 Å². The summed E-state index contributed by atoms with van der Waals surface area (Å²) in [6.07, 6.45) is 3.21. The molecule has 0 aliphatic heterocycles. The number of aromatic amines is 1. The van der Waals surface area contributed by atoms with Gasteiger partial charge in [0, 0.05) is 11.6 Å². The molecular formula is C23H18N6O2S. The molecule has 32 heavy (non-hydrogen) atoms. The fraction of sp³-hybridized carbons (Fsp3) is 0.0870. The van der Waals surface area contributed by atoms with Crippen molar-refractivity contribution < 1.29 is 4.79 Å². The first-order valence-electron chi connectivity index (χ1n) is 9.95. The molecule has 8 nitrogen and oxygen atoms in total. The predicted octanol–water partition coefficient (Wildman–Crippen LogP) is 3.78. The third-order valence-corrected chi connectivity index (χ3v) is 5.96. The van der Waals surface area contributed by atoms with Crippen LogP contribution in [0.3, 0.4) is 0 Å². The monoisotopic (exact) mass is 442 g/mol. The molecule has 0 bridgehead atoms. The number of hydrogen-bond donors (Lipinski definition) is 2. The van der Waals surface area contributed by atoms with E-state index in [1.165, 1.54) is 18.0 Å². The Morgan fingerprint density at radius 2 is 1.91 bits per heavy atom. The number of nitrogens with zero attached hydrogens (tertiary/aromatic N) is 4. The zero-order valence-corrected chi connectivity index (χ0v) is 17.8. The summed E-state index contributed by atoms with van der Waals surface area (Å²) in [5.74, 6) is -0.203. The number of fused-ring (bicyclic) bond motifs is 2. The fourth-order valence-corrected chi connectivity index (χ4v) is 4.17. The molecule has 3 heterocycles. The standard InChI is InChI=1S/C23H18N6O2S/c1-14(21(30)26-19-11-5-10-18-16(19)9-6-12-24-18)32-23-27-20-17(22(31)28-23)13-25-29(20)15-7-3-2-4-8-15/h2-14H,1H3,(H,26,30)(H,27,28,31). The van der Waals surface area contributed by atoms with Crippen molar-refractivity contribution in [3.05, 3.63) is 83.4 Å². The minimum absolute atomic E-state index is 0.203. The minimum atomic E-state index is -0.504. The minimum Gasteiger partial charge on any atom is -0.324 e. The van der Waals surface area contributed by atoms with Gasteiger partial charge in [-0.05, 0) is 43.3 Å². The average Bonchev–Trinajstić information content (AvgIpc) is 3.24. The Morgan fingerprint density at radius 3 is 2.75 bits per heavy atom. The van der Waals surface area contributed by atoms with Gasteiger partial charge in [0.05, 0.1) is 28.3 Å². The second kappa shape index (κ2) is 8.27. The summed E-state index contributed by atoms with van der Waals surface area (Å²) >= 11 is 1.18. The lowest BCUT2D eigenvalue weighted by Gasteiger charge is -2.13. The number of H-pyrrole nitrogens is 1. The average molecular weight is 443 g/mol. The Bertz CT molecular complexity index is 1490. The van der Waals surface area contributed by atoms with E-state index in [9.17, 15) is 9.59 Å². The Kier molecular flexibility index (Phi) is 5.16. The van der Waals surface area contributed by atoms with Crippen molar-refractivity contribution in [2.24, 2.45) is 0 Å². The zero-order valence-electron chi connectivity index (χ0n) is 17.0. The van der Waals surface area contributed by atoms with E-state index in [1.807, 2.05) is 60.7 Å². The quantitative estimate of drug-likeness (QED) is 0.317.